The zero-order valence-electron chi connectivity index (χ0n) is 17.4. The molecule has 0 saturated carbocycles. The Morgan fingerprint density at radius 2 is 1.97 bits per heavy atom. The minimum absolute atomic E-state index is 0.0672. The van der Waals surface area contributed by atoms with Gasteiger partial charge in [-0.05, 0) is 49.4 Å². The monoisotopic (exact) mass is 448 g/mol. The molecule has 0 aliphatic carbocycles. The zero-order chi connectivity index (χ0) is 22.9. The van der Waals surface area contributed by atoms with Crippen molar-refractivity contribution in [3.05, 3.63) is 76.8 Å². The minimum Gasteiger partial charge on any atom is -0.457 e. The summed E-state index contributed by atoms with van der Waals surface area (Å²) in [5.74, 6) is 0.830. The summed E-state index contributed by atoms with van der Waals surface area (Å²) < 4.78 is 34.3. The van der Waals surface area contributed by atoms with Crippen LogP contribution in [-0.2, 0) is 17.1 Å². The number of nitriles is 1. The zero-order valence-corrected chi connectivity index (χ0v) is 18.2. The van der Waals surface area contributed by atoms with E-state index in [-0.39, 0.29) is 11.3 Å². The van der Waals surface area contributed by atoms with Gasteiger partial charge in [0.05, 0.1) is 28.3 Å². The van der Waals surface area contributed by atoms with Crippen molar-refractivity contribution < 1.29 is 13.2 Å². The van der Waals surface area contributed by atoms with Crippen LogP contribution in [0.5, 0.6) is 11.5 Å². The Bertz CT molecular complexity index is 1530. The number of nitrogens with zero attached hydrogens (tertiary/aromatic N) is 2. The number of benzene rings is 2. The Morgan fingerprint density at radius 3 is 2.72 bits per heavy atom. The van der Waals surface area contributed by atoms with Gasteiger partial charge in [-0.3, -0.25) is 9.52 Å². The smallest absolute Gasteiger partial charge is 0.259 e. The number of aromatic nitrogens is 2. The van der Waals surface area contributed by atoms with Crippen LogP contribution in [-0.4, -0.2) is 23.7 Å². The van der Waals surface area contributed by atoms with Crippen LogP contribution in [0, 0.1) is 11.3 Å². The SMILES string of the molecule is CCS(=O)(=O)Nc1ccc(Oc2cccc(C#N)c2)c(-c2cn(C)c(=O)c3cc[nH]c23)c1. The second-order valence-corrected chi connectivity index (χ2v) is 9.19. The van der Waals surface area contributed by atoms with Crippen LogP contribution in [0.4, 0.5) is 5.69 Å². The molecule has 4 rings (SSSR count). The predicted molar refractivity (Wildman–Crippen MR) is 123 cm³/mol. The normalized spacial score (nSPS) is 11.3. The summed E-state index contributed by atoms with van der Waals surface area (Å²) in [5, 5.41) is 9.67. The van der Waals surface area contributed by atoms with E-state index in [0.717, 1.165) is 0 Å². The summed E-state index contributed by atoms with van der Waals surface area (Å²) in [5.41, 5.74) is 2.51. The Hall–Kier alpha value is -4.03. The van der Waals surface area contributed by atoms with Gasteiger partial charge in [-0.15, -0.1) is 0 Å². The van der Waals surface area contributed by atoms with E-state index in [9.17, 15) is 18.5 Å². The molecular weight excluding hydrogens is 428 g/mol. The molecule has 0 aliphatic heterocycles. The molecule has 0 spiro atoms. The van der Waals surface area contributed by atoms with E-state index >= 15 is 0 Å². The summed E-state index contributed by atoms with van der Waals surface area (Å²) >= 11 is 0. The fourth-order valence-corrected chi connectivity index (χ4v) is 4.01. The van der Waals surface area contributed by atoms with Crippen molar-refractivity contribution in [2.24, 2.45) is 7.05 Å². The van der Waals surface area contributed by atoms with Gasteiger partial charge in [0.25, 0.3) is 5.56 Å². The standard InChI is InChI=1S/C23H20N4O4S/c1-3-32(29,30)26-16-7-8-21(31-17-6-4-5-15(11-17)13-24)19(12-16)20-14-27(2)23(28)18-9-10-25-22(18)20/h4-12,14,25-26H,3H2,1-2H3. The lowest BCUT2D eigenvalue weighted by atomic mass is 10.0. The average Bonchev–Trinajstić information content (AvgIpc) is 3.27. The van der Waals surface area contributed by atoms with Gasteiger partial charge in [0.1, 0.15) is 11.5 Å². The molecule has 2 heterocycles. The Morgan fingerprint density at radius 1 is 1.16 bits per heavy atom. The molecule has 2 aromatic heterocycles. The quantitative estimate of drug-likeness (QED) is 0.463. The fraction of sp³-hybridized carbons (Fsp3) is 0.130. The van der Waals surface area contributed by atoms with E-state index in [0.29, 0.717) is 44.8 Å². The molecule has 0 atom stereocenters. The number of H-pyrrole nitrogens is 1. The van der Waals surface area contributed by atoms with Gasteiger partial charge in [-0.1, -0.05) is 6.07 Å². The lowest BCUT2D eigenvalue weighted by molar-refractivity contribution is 0.484. The first kappa shape index (κ1) is 21.2. The molecule has 162 valence electrons. The number of sulfonamides is 1. The third kappa shape index (κ3) is 4.08. The van der Waals surface area contributed by atoms with Gasteiger partial charge < -0.3 is 14.3 Å². The minimum atomic E-state index is -3.49. The third-order valence-electron chi connectivity index (χ3n) is 5.00. The van der Waals surface area contributed by atoms with Crippen molar-refractivity contribution in [2.45, 2.75) is 6.92 Å². The van der Waals surface area contributed by atoms with E-state index in [2.05, 4.69) is 15.8 Å². The van der Waals surface area contributed by atoms with Crippen LogP contribution in [0.15, 0.2) is 65.7 Å². The molecule has 32 heavy (non-hydrogen) atoms. The highest BCUT2D eigenvalue weighted by Crippen LogP contribution is 2.38. The number of nitrogens with one attached hydrogen (secondary N) is 2. The van der Waals surface area contributed by atoms with Gasteiger partial charge in [0, 0.05) is 36.3 Å². The van der Waals surface area contributed by atoms with Crippen molar-refractivity contribution in [3.63, 3.8) is 0 Å². The first-order chi connectivity index (χ1) is 15.3. The van der Waals surface area contributed by atoms with Gasteiger partial charge in [-0.2, -0.15) is 5.26 Å². The van der Waals surface area contributed by atoms with Crippen molar-refractivity contribution in [2.75, 3.05) is 10.5 Å². The summed E-state index contributed by atoms with van der Waals surface area (Å²) in [6.45, 7) is 1.55. The maximum Gasteiger partial charge on any atom is 0.259 e. The maximum absolute atomic E-state index is 12.5. The Kier molecular flexibility index (Phi) is 5.47. The van der Waals surface area contributed by atoms with Gasteiger partial charge in [0.2, 0.25) is 10.0 Å². The van der Waals surface area contributed by atoms with E-state index < -0.39 is 10.0 Å². The summed E-state index contributed by atoms with van der Waals surface area (Å²) in [6.07, 6.45) is 3.35. The number of pyridine rings is 1. The number of anilines is 1. The Labute approximate surface area is 184 Å². The number of fused-ring (bicyclic) bond motifs is 1. The van der Waals surface area contributed by atoms with E-state index in [1.165, 1.54) is 4.57 Å². The van der Waals surface area contributed by atoms with Crippen molar-refractivity contribution in [1.29, 1.82) is 5.26 Å². The van der Waals surface area contributed by atoms with Crippen molar-refractivity contribution in [3.8, 4) is 28.7 Å². The van der Waals surface area contributed by atoms with Crippen LogP contribution in [0.2, 0.25) is 0 Å². The Balaban J connectivity index is 1.92. The number of aryl methyl sites for hydroxylation is 1. The van der Waals surface area contributed by atoms with E-state index in [1.807, 2.05) is 0 Å². The molecule has 0 bridgehead atoms. The first-order valence-corrected chi connectivity index (χ1v) is 11.5. The summed E-state index contributed by atoms with van der Waals surface area (Å²) in [7, 11) is -1.84. The van der Waals surface area contributed by atoms with E-state index in [4.69, 9.17) is 4.74 Å². The molecule has 2 aromatic carbocycles. The highest BCUT2D eigenvalue weighted by molar-refractivity contribution is 7.92. The molecular formula is C23H20N4O4S. The molecule has 8 nitrogen and oxygen atoms in total. The topological polar surface area (TPSA) is 117 Å². The highest BCUT2D eigenvalue weighted by atomic mass is 32.2. The highest BCUT2D eigenvalue weighted by Gasteiger charge is 2.17. The van der Waals surface area contributed by atoms with Crippen LogP contribution >= 0.6 is 0 Å². The molecule has 0 saturated heterocycles. The molecule has 0 unspecified atom stereocenters. The number of hydrogen-bond acceptors (Lipinski definition) is 5. The molecule has 9 heteroatoms. The number of hydrogen-bond donors (Lipinski definition) is 2. The van der Waals surface area contributed by atoms with Crippen LogP contribution in [0.1, 0.15) is 12.5 Å². The van der Waals surface area contributed by atoms with Crippen molar-refractivity contribution in [1.82, 2.24) is 9.55 Å². The first-order valence-electron chi connectivity index (χ1n) is 9.81. The summed E-state index contributed by atoms with van der Waals surface area (Å²) in [6, 6.07) is 15.4. The fourth-order valence-electron chi connectivity index (χ4n) is 3.38. The second-order valence-electron chi connectivity index (χ2n) is 7.18. The number of rotatable bonds is 6. The number of aromatic amines is 1. The predicted octanol–water partition coefficient (Wildman–Crippen LogP) is 3.96. The molecule has 0 amide bonds. The van der Waals surface area contributed by atoms with Gasteiger partial charge >= 0.3 is 0 Å². The maximum atomic E-state index is 12.5. The van der Waals surface area contributed by atoms with Gasteiger partial charge in [0.15, 0.2) is 0 Å². The largest absolute Gasteiger partial charge is 0.457 e. The molecule has 4 aromatic rings. The molecule has 0 aliphatic rings. The van der Waals surface area contributed by atoms with Crippen LogP contribution < -0.4 is 15.0 Å². The van der Waals surface area contributed by atoms with E-state index in [1.54, 1.807) is 74.9 Å². The third-order valence-corrected chi connectivity index (χ3v) is 6.31. The molecule has 2 N–H and O–H groups in total. The average molecular weight is 449 g/mol. The van der Waals surface area contributed by atoms with Crippen LogP contribution in [0.25, 0.3) is 22.0 Å². The van der Waals surface area contributed by atoms with Crippen LogP contribution in [0.3, 0.4) is 0 Å². The number of ether oxygens (including phenoxy) is 1. The molecule has 0 radical (unpaired) electrons. The second kappa shape index (κ2) is 8.24. The lowest BCUT2D eigenvalue weighted by Crippen LogP contribution is -2.16. The lowest BCUT2D eigenvalue weighted by Gasteiger charge is -2.16. The summed E-state index contributed by atoms with van der Waals surface area (Å²) in [4.78, 5) is 15.6. The van der Waals surface area contributed by atoms with Gasteiger partial charge in [-0.25, -0.2) is 8.42 Å². The van der Waals surface area contributed by atoms with Crippen molar-refractivity contribution >= 4 is 26.6 Å². The molecule has 0 fully saturated rings.